The van der Waals surface area contributed by atoms with Crippen LogP contribution in [0.2, 0.25) is 5.02 Å². The normalized spacial score (nSPS) is 11.0. The van der Waals surface area contributed by atoms with Crippen LogP contribution in [-0.2, 0) is 19.6 Å². The van der Waals surface area contributed by atoms with Crippen molar-refractivity contribution in [2.45, 2.75) is 18.7 Å². The molecule has 0 saturated carbocycles. The average molecular weight is 472 g/mol. The number of amides is 2. The van der Waals surface area contributed by atoms with Gasteiger partial charge in [0, 0.05) is 23.3 Å². The molecule has 0 heterocycles. The lowest BCUT2D eigenvalue weighted by Gasteiger charge is -2.24. The Labute approximate surface area is 192 Å². The van der Waals surface area contributed by atoms with Crippen molar-refractivity contribution in [1.82, 2.24) is 0 Å². The van der Waals surface area contributed by atoms with Crippen LogP contribution in [0.1, 0.15) is 12.5 Å². The van der Waals surface area contributed by atoms with Gasteiger partial charge in [-0.05, 0) is 67.1 Å². The van der Waals surface area contributed by atoms with E-state index < -0.39 is 22.5 Å². The average Bonchev–Trinajstić information content (AvgIpc) is 2.72. The minimum atomic E-state index is -4.04. The molecule has 2 N–H and O–H groups in total. The fourth-order valence-electron chi connectivity index (χ4n) is 3.04. The van der Waals surface area contributed by atoms with Crippen molar-refractivity contribution in [3.8, 4) is 0 Å². The summed E-state index contributed by atoms with van der Waals surface area (Å²) in [5.41, 5.74) is 2.15. The van der Waals surface area contributed by atoms with E-state index in [0.29, 0.717) is 22.1 Å². The van der Waals surface area contributed by atoms with Crippen molar-refractivity contribution in [3.63, 3.8) is 0 Å². The third-order valence-corrected chi connectivity index (χ3v) is 6.49. The summed E-state index contributed by atoms with van der Waals surface area (Å²) in [4.78, 5) is 24.1. The Bertz CT molecular complexity index is 1240. The molecule has 9 heteroatoms. The van der Waals surface area contributed by atoms with Crippen LogP contribution in [0.3, 0.4) is 0 Å². The molecule has 2 amide bonds. The molecule has 0 unspecified atom stereocenters. The smallest absolute Gasteiger partial charge is 0.264 e. The zero-order valence-electron chi connectivity index (χ0n) is 17.5. The predicted molar refractivity (Wildman–Crippen MR) is 127 cm³/mol. The van der Waals surface area contributed by atoms with E-state index >= 15 is 0 Å². The molecule has 7 nitrogen and oxygen atoms in total. The Morgan fingerprint density at radius 3 is 2.16 bits per heavy atom. The van der Waals surface area contributed by atoms with E-state index in [0.717, 1.165) is 9.87 Å². The highest BCUT2D eigenvalue weighted by atomic mass is 35.5. The second-order valence-corrected chi connectivity index (χ2v) is 9.41. The van der Waals surface area contributed by atoms with Crippen molar-refractivity contribution in [3.05, 3.63) is 83.4 Å². The molecule has 0 saturated heterocycles. The van der Waals surface area contributed by atoms with Gasteiger partial charge in [0.2, 0.25) is 11.8 Å². The van der Waals surface area contributed by atoms with Gasteiger partial charge in [0.15, 0.2) is 0 Å². The Hall–Kier alpha value is -3.36. The largest absolute Gasteiger partial charge is 0.326 e. The van der Waals surface area contributed by atoms with Gasteiger partial charge in [0.05, 0.1) is 10.6 Å². The lowest BCUT2D eigenvalue weighted by Crippen LogP contribution is -2.38. The van der Waals surface area contributed by atoms with Gasteiger partial charge in [-0.15, -0.1) is 0 Å². The van der Waals surface area contributed by atoms with Crippen molar-refractivity contribution >= 4 is 50.5 Å². The number of halogens is 1. The highest BCUT2D eigenvalue weighted by Crippen LogP contribution is 2.26. The monoisotopic (exact) mass is 471 g/mol. The molecule has 0 spiro atoms. The van der Waals surface area contributed by atoms with Crippen LogP contribution in [0, 0.1) is 6.92 Å². The molecular formula is C23H22ClN3O4S. The zero-order valence-corrected chi connectivity index (χ0v) is 19.1. The summed E-state index contributed by atoms with van der Waals surface area (Å²) in [5.74, 6) is -0.780. The van der Waals surface area contributed by atoms with Gasteiger partial charge in [0.1, 0.15) is 6.54 Å². The summed E-state index contributed by atoms with van der Waals surface area (Å²) < 4.78 is 27.8. The Morgan fingerprint density at radius 1 is 0.906 bits per heavy atom. The SMILES string of the molecule is CC(=O)Nc1cccc(NC(=O)CN(c2cccc(C)c2)S(=O)(=O)c2ccc(Cl)cc2)c1. The van der Waals surface area contributed by atoms with Crippen LogP contribution in [-0.4, -0.2) is 26.8 Å². The fourth-order valence-corrected chi connectivity index (χ4v) is 4.58. The number of nitrogens with zero attached hydrogens (tertiary/aromatic N) is 1. The topological polar surface area (TPSA) is 95.6 Å². The number of nitrogens with one attached hydrogen (secondary N) is 2. The van der Waals surface area contributed by atoms with Crippen molar-refractivity contribution in [2.24, 2.45) is 0 Å². The molecule has 3 aromatic carbocycles. The Morgan fingerprint density at radius 2 is 1.53 bits per heavy atom. The predicted octanol–water partition coefficient (Wildman–Crippen LogP) is 4.44. The number of aryl methyl sites for hydroxylation is 1. The van der Waals surface area contributed by atoms with Crippen molar-refractivity contribution in [2.75, 3.05) is 21.5 Å². The van der Waals surface area contributed by atoms with E-state index in [2.05, 4.69) is 10.6 Å². The number of rotatable bonds is 7. The zero-order chi connectivity index (χ0) is 23.3. The van der Waals surface area contributed by atoms with Gasteiger partial charge >= 0.3 is 0 Å². The number of hydrogen-bond donors (Lipinski definition) is 2. The number of carbonyl (C=O) groups excluding carboxylic acids is 2. The maximum absolute atomic E-state index is 13.4. The molecule has 3 rings (SSSR count). The van der Waals surface area contributed by atoms with Gasteiger partial charge < -0.3 is 10.6 Å². The molecule has 0 bridgehead atoms. The van der Waals surface area contributed by atoms with Gasteiger partial charge in [-0.3, -0.25) is 13.9 Å². The summed E-state index contributed by atoms with van der Waals surface area (Å²) in [6.45, 7) is 2.77. The van der Waals surface area contributed by atoms with Crippen LogP contribution in [0.5, 0.6) is 0 Å². The number of anilines is 3. The fraction of sp³-hybridized carbons (Fsp3) is 0.130. The summed E-state index contributed by atoms with van der Waals surface area (Å²) in [5, 5.41) is 5.73. The molecule has 0 fully saturated rings. The minimum absolute atomic E-state index is 0.0175. The molecule has 0 radical (unpaired) electrons. The van der Waals surface area contributed by atoms with E-state index in [1.54, 1.807) is 42.5 Å². The molecule has 32 heavy (non-hydrogen) atoms. The summed E-state index contributed by atoms with van der Waals surface area (Å²) in [6, 6.07) is 19.2. The first-order chi connectivity index (χ1) is 15.1. The molecule has 0 aliphatic rings. The maximum atomic E-state index is 13.4. The van der Waals surface area contributed by atoms with Gasteiger partial charge in [-0.2, -0.15) is 0 Å². The van der Waals surface area contributed by atoms with E-state index in [4.69, 9.17) is 11.6 Å². The standard InChI is InChI=1S/C23H22ClN3O4S/c1-16-5-3-8-21(13-16)27(32(30,31)22-11-9-18(24)10-12-22)15-23(29)26-20-7-4-6-19(14-20)25-17(2)28/h3-14H,15H2,1-2H3,(H,25,28)(H,26,29). The molecule has 0 aromatic heterocycles. The quantitative estimate of drug-likeness (QED) is 0.532. The van der Waals surface area contributed by atoms with Crippen LogP contribution >= 0.6 is 11.6 Å². The Balaban J connectivity index is 1.90. The van der Waals surface area contributed by atoms with Crippen molar-refractivity contribution in [1.29, 1.82) is 0 Å². The summed E-state index contributed by atoms with van der Waals surface area (Å²) >= 11 is 5.90. The maximum Gasteiger partial charge on any atom is 0.264 e. The lowest BCUT2D eigenvalue weighted by atomic mass is 10.2. The molecule has 0 aliphatic carbocycles. The van der Waals surface area contributed by atoms with Crippen LogP contribution in [0.15, 0.2) is 77.7 Å². The van der Waals surface area contributed by atoms with Gasteiger partial charge in [-0.25, -0.2) is 8.42 Å². The highest BCUT2D eigenvalue weighted by molar-refractivity contribution is 7.92. The number of sulfonamides is 1. The summed E-state index contributed by atoms with van der Waals surface area (Å²) in [7, 11) is -4.04. The molecule has 0 aliphatic heterocycles. The first-order valence-electron chi connectivity index (χ1n) is 9.67. The number of hydrogen-bond acceptors (Lipinski definition) is 4. The van der Waals surface area contributed by atoms with E-state index in [1.165, 1.54) is 31.2 Å². The molecule has 3 aromatic rings. The lowest BCUT2D eigenvalue weighted by molar-refractivity contribution is -0.115. The second kappa shape index (κ2) is 9.84. The van der Waals surface area contributed by atoms with E-state index in [-0.39, 0.29) is 10.8 Å². The third kappa shape index (κ3) is 5.87. The van der Waals surface area contributed by atoms with E-state index in [9.17, 15) is 18.0 Å². The Kier molecular flexibility index (Phi) is 7.17. The molecule has 0 atom stereocenters. The van der Waals surface area contributed by atoms with Crippen molar-refractivity contribution < 1.29 is 18.0 Å². The number of benzene rings is 3. The third-order valence-electron chi connectivity index (χ3n) is 4.45. The molecule has 166 valence electrons. The first-order valence-corrected chi connectivity index (χ1v) is 11.5. The highest BCUT2D eigenvalue weighted by Gasteiger charge is 2.27. The second-order valence-electron chi connectivity index (χ2n) is 7.11. The molecular weight excluding hydrogens is 450 g/mol. The van der Waals surface area contributed by atoms with Crippen LogP contribution in [0.25, 0.3) is 0 Å². The summed E-state index contributed by atoms with van der Waals surface area (Å²) in [6.07, 6.45) is 0. The van der Waals surface area contributed by atoms with Gasteiger partial charge in [-0.1, -0.05) is 29.8 Å². The first kappa shape index (κ1) is 23.3. The van der Waals surface area contributed by atoms with Gasteiger partial charge in [0.25, 0.3) is 10.0 Å². The van der Waals surface area contributed by atoms with E-state index in [1.807, 2.05) is 13.0 Å². The minimum Gasteiger partial charge on any atom is -0.326 e. The van der Waals surface area contributed by atoms with Crippen LogP contribution < -0.4 is 14.9 Å². The number of carbonyl (C=O) groups is 2. The van der Waals surface area contributed by atoms with Crippen LogP contribution in [0.4, 0.5) is 17.1 Å².